The number of carbonyl (C=O) groups excluding carboxylic acids is 1. The third-order valence-electron chi connectivity index (χ3n) is 2.77. The third-order valence-corrected chi connectivity index (χ3v) is 3.60. The largest absolute Gasteiger partial charge is 0.495 e. The first-order valence-electron chi connectivity index (χ1n) is 5.96. The monoisotopic (exact) mass is 353 g/mol. The molecular weight excluding hydrogens is 342 g/mol. The van der Waals surface area contributed by atoms with Crippen molar-refractivity contribution in [3.05, 3.63) is 57.5 Å². The molecule has 0 aliphatic rings. The fraction of sp³-hybridized carbons (Fsp3) is 0.133. The Balaban J connectivity index is 1.99. The van der Waals surface area contributed by atoms with Crippen molar-refractivity contribution < 1.29 is 9.53 Å². The van der Waals surface area contributed by atoms with Gasteiger partial charge in [0.25, 0.3) is 0 Å². The van der Waals surface area contributed by atoms with Crippen molar-refractivity contribution in [1.29, 1.82) is 0 Å². The van der Waals surface area contributed by atoms with Crippen LogP contribution in [0.2, 0.25) is 5.02 Å². The van der Waals surface area contributed by atoms with Crippen LogP contribution >= 0.6 is 27.5 Å². The van der Waals surface area contributed by atoms with Gasteiger partial charge in [0.2, 0.25) is 0 Å². The minimum atomic E-state index is 0.0180. The lowest BCUT2D eigenvalue weighted by Gasteiger charge is -2.08. The zero-order valence-corrected chi connectivity index (χ0v) is 13.2. The van der Waals surface area contributed by atoms with E-state index < -0.39 is 0 Å². The number of hydrogen-bond acceptors (Lipinski definition) is 3. The van der Waals surface area contributed by atoms with Crippen LogP contribution in [0.3, 0.4) is 0 Å². The molecule has 0 saturated heterocycles. The Morgan fingerprint density at radius 3 is 2.55 bits per heavy atom. The van der Waals surface area contributed by atoms with Crippen molar-refractivity contribution in [3.63, 3.8) is 0 Å². The van der Waals surface area contributed by atoms with E-state index >= 15 is 0 Å². The second-order valence-electron chi connectivity index (χ2n) is 4.13. The van der Waals surface area contributed by atoms with Gasteiger partial charge in [0.15, 0.2) is 5.78 Å². The molecular formula is C15H13BrClNO2. The van der Waals surface area contributed by atoms with Crippen LogP contribution in [0.15, 0.2) is 46.9 Å². The molecule has 0 spiro atoms. The minimum absolute atomic E-state index is 0.0180. The van der Waals surface area contributed by atoms with Gasteiger partial charge in [0.05, 0.1) is 18.7 Å². The molecule has 0 heterocycles. The molecule has 2 rings (SSSR count). The molecule has 3 nitrogen and oxygen atoms in total. The van der Waals surface area contributed by atoms with Crippen molar-refractivity contribution >= 4 is 39.0 Å². The summed E-state index contributed by atoms with van der Waals surface area (Å²) in [5.41, 5.74) is 1.45. The molecule has 1 N–H and O–H groups in total. The summed E-state index contributed by atoms with van der Waals surface area (Å²) in [5, 5.41) is 3.56. The predicted molar refractivity (Wildman–Crippen MR) is 85.0 cm³/mol. The first-order valence-corrected chi connectivity index (χ1v) is 7.13. The molecule has 5 heteroatoms. The van der Waals surface area contributed by atoms with Crippen molar-refractivity contribution in [1.82, 2.24) is 0 Å². The maximum absolute atomic E-state index is 12.0. The Bertz CT molecular complexity index is 614. The van der Waals surface area contributed by atoms with E-state index in [1.54, 1.807) is 31.4 Å². The lowest BCUT2D eigenvalue weighted by molar-refractivity contribution is 0.101. The van der Waals surface area contributed by atoms with Crippen LogP contribution in [0.1, 0.15) is 10.4 Å². The summed E-state index contributed by atoms with van der Waals surface area (Å²) in [5.74, 6) is 0.626. The van der Waals surface area contributed by atoms with E-state index in [1.807, 2.05) is 18.2 Å². The molecule has 0 atom stereocenters. The highest BCUT2D eigenvalue weighted by molar-refractivity contribution is 9.10. The second-order valence-corrected chi connectivity index (χ2v) is 5.46. The van der Waals surface area contributed by atoms with Crippen molar-refractivity contribution in [3.8, 4) is 5.75 Å². The molecule has 0 bridgehead atoms. The topological polar surface area (TPSA) is 38.3 Å². The van der Waals surface area contributed by atoms with Crippen LogP contribution in [0, 0.1) is 0 Å². The van der Waals surface area contributed by atoms with Gasteiger partial charge in [-0.15, -0.1) is 0 Å². The number of hydrogen-bond donors (Lipinski definition) is 1. The first-order chi connectivity index (χ1) is 9.60. The van der Waals surface area contributed by atoms with Gasteiger partial charge in [-0.1, -0.05) is 39.7 Å². The van der Waals surface area contributed by atoms with Gasteiger partial charge >= 0.3 is 0 Å². The summed E-state index contributed by atoms with van der Waals surface area (Å²) in [6, 6.07) is 12.6. The number of nitrogens with one attached hydrogen (secondary N) is 1. The van der Waals surface area contributed by atoms with Crippen LogP contribution in [-0.2, 0) is 0 Å². The number of ketones is 1. The third kappa shape index (κ3) is 3.74. The summed E-state index contributed by atoms with van der Waals surface area (Å²) in [7, 11) is 1.56. The SMILES string of the molecule is COc1ccc(NCC(=O)c2ccc(Br)cc2)cc1Cl. The molecule has 0 aliphatic carbocycles. The molecule has 0 unspecified atom stereocenters. The number of Topliss-reactive ketones (excluding diaryl/α,β-unsaturated/α-hetero) is 1. The fourth-order valence-electron chi connectivity index (χ4n) is 1.70. The van der Waals surface area contributed by atoms with Gasteiger partial charge in [-0.25, -0.2) is 0 Å². The van der Waals surface area contributed by atoms with Crippen LogP contribution in [0.5, 0.6) is 5.75 Å². The summed E-state index contributed by atoms with van der Waals surface area (Å²) in [4.78, 5) is 12.0. The predicted octanol–water partition coefficient (Wildman–Crippen LogP) is 4.41. The number of anilines is 1. The van der Waals surface area contributed by atoms with E-state index in [2.05, 4.69) is 21.2 Å². The first kappa shape index (κ1) is 14.9. The number of halogens is 2. The second kappa shape index (κ2) is 6.77. The van der Waals surface area contributed by atoms with E-state index in [9.17, 15) is 4.79 Å². The summed E-state index contributed by atoms with van der Waals surface area (Å²) in [6.45, 7) is 0.213. The van der Waals surface area contributed by atoms with Crippen LogP contribution in [0.4, 0.5) is 5.69 Å². The number of benzene rings is 2. The van der Waals surface area contributed by atoms with Gasteiger partial charge in [0.1, 0.15) is 5.75 Å². The van der Waals surface area contributed by atoms with Crippen LogP contribution in [-0.4, -0.2) is 19.4 Å². The minimum Gasteiger partial charge on any atom is -0.495 e. The summed E-state index contributed by atoms with van der Waals surface area (Å²) < 4.78 is 6.02. The number of ether oxygens (including phenoxy) is 1. The molecule has 0 aromatic heterocycles. The summed E-state index contributed by atoms with van der Waals surface area (Å²) >= 11 is 9.36. The molecule has 0 radical (unpaired) electrons. The van der Waals surface area contributed by atoms with Gasteiger partial charge < -0.3 is 10.1 Å². The maximum Gasteiger partial charge on any atom is 0.181 e. The molecule has 2 aromatic carbocycles. The molecule has 2 aromatic rings. The quantitative estimate of drug-likeness (QED) is 0.809. The highest BCUT2D eigenvalue weighted by Crippen LogP contribution is 2.27. The van der Waals surface area contributed by atoms with Crippen molar-refractivity contribution in [2.24, 2.45) is 0 Å². The Morgan fingerprint density at radius 2 is 1.95 bits per heavy atom. The van der Waals surface area contributed by atoms with Gasteiger partial charge in [-0.2, -0.15) is 0 Å². The zero-order valence-electron chi connectivity index (χ0n) is 10.8. The molecule has 0 aliphatic heterocycles. The standard InChI is InChI=1S/C15H13BrClNO2/c1-20-15-7-6-12(8-13(15)17)18-9-14(19)10-2-4-11(16)5-3-10/h2-8,18H,9H2,1H3. The average molecular weight is 355 g/mol. The Labute approximate surface area is 131 Å². The number of rotatable bonds is 5. The smallest absolute Gasteiger partial charge is 0.181 e. The van der Waals surface area contributed by atoms with Crippen molar-refractivity contribution in [2.45, 2.75) is 0 Å². The van der Waals surface area contributed by atoms with Crippen molar-refractivity contribution in [2.75, 3.05) is 19.0 Å². The normalized spacial score (nSPS) is 10.2. The summed E-state index contributed by atoms with van der Waals surface area (Å²) in [6.07, 6.45) is 0. The van der Waals surface area contributed by atoms with E-state index in [0.717, 1.165) is 10.2 Å². The van der Waals surface area contributed by atoms with Crippen LogP contribution in [0.25, 0.3) is 0 Å². The van der Waals surface area contributed by atoms with E-state index in [-0.39, 0.29) is 12.3 Å². The van der Waals surface area contributed by atoms with Crippen LogP contribution < -0.4 is 10.1 Å². The lowest BCUT2D eigenvalue weighted by atomic mass is 10.1. The Kier molecular flexibility index (Phi) is 5.04. The van der Waals surface area contributed by atoms with E-state index in [1.165, 1.54) is 0 Å². The van der Waals surface area contributed by atoms with Gasteiger partial charge in [-0.3, -0.25) is 4.79 Å². The average Bonchev–Trinajstić information content (AvgIpc) is 2.45. The molecule has 20 heavy (non-hydrogen) atoms. The highest BCUT2D eigenvalue weighted by atomic mass is 79.9. The van der Waals surface area contributed by atoms with E-state index in [4.69, 9.17) is 16.3 Å². The zero-order chi connectivity index (χ0) is 14.5. The Hall–Kier alpha value is -1.52. The lowest BCUT2D eigenvalue weighted by Crippen LogP contribution is -2.13. The van der Waals surface area contributed by atoms with Gasteiger partial charge in [-0.05, 0) is 30.3 Å². The highest BCUT2D eigenvalue weighted by Gasteiger charge is 2.06. The molecule has 0 fully saturated rings. The maximum atomic E-state index is 12.0. The number of carbonyl (C=O) groups is 1. The molecule has 0 saturated carbocycles. The van der Waals surface area contributed by atoms with Gasteiger partial charge in [0, 0.05) is 15.7 Å². The molecule has 0 amide bonds. The Morgan fingerprint density at radius 1 is 1.25 bits per heavy atom. The van der Waals surface area contributed by atoms with E-state index in [0.29, 0.717) is 16.3 Å². The fourth-order valence-corrected chi connectivity index (χ4v) is 2.22. The number of methoxy groups -OCH3 is 1. The molecule has 104 valence electrons.